The Balaban J connectivity index is 1.62. The fourth-order valence-electron chi connectivity index (χ4n) is 2.80. The van der Waals surface area contributed by atoms with Crippen LogP contribution < -0.4 is 10.1 Å². The maximum absolute atomic E-state index is 12.4. The van der Waals surface area contributed by atoms with Gasteiger partial charge in [0.05, 0.1) is 11.4 Å². The molecule has 0 saturated heterocycles. The molecule has 0 aliphatic carbocycles. The Morgan fingerprint density at radius 2 is 1.97 bits per heavy atom. The Hall–Kier alpha value is -2.81. The fraction of sp³-hybridized carbons (Fsp3) is 0.478. The molecule has 0 atom stereocenters. The summed E-state index contributed by atoms with van der Waals surface area (Å²) in [6, 6.07) is 11.4. The highest BCUT2D eigenvalue weighted by Gasteiger charge is 2.20. The zero-order chi connectivity index (χ0) is 23.1. The predicted molar refractivity (Wildman–Crippen MR) is 125 cm³/mol. The number of thioether (sulfide) groups is 1. The number of para-hydroxylation sites is 1. The molecule has 172 valence electrons. The molecule has 0 spiro atoms. The van der Waals surface area contributed by atoms with Crippen molar-refractivity contribution in [3.63, 3.8) is 0 Å². The van der Waals surface area contributed by atoms with Crippen LogP contribution in [0, 0.1) is 5.92 Å². The molecule has 32 heavy (non-hydrogen) atoms. The first-order chi connectivity index (χ1) is 15.2. The van der Waals surface area contributed by atoms with Gasteiger partial charge in [0.1, 0.15) is 12.4 Å². The van der Waals surface area contributed by atoms with Gasteiger partial charge in [-0.25, -0.2) is 0 Å². The average Bonchev–Trinajstić information content (AvgIpc) is 3.36. The number of nitrogens with one attached hydrogen (secondary N) is 1. The summed E-state index contributed by atoms with van der Waals surface area (Å²) in [5.41, 5.74) is 0.642. The number of nitrogens with zero attached hydrogens (tertiary/aromatic N) is 4. The second kappa shape index (κ2) is 10.7. The molecule has 2 aromatic heterocycles. The van der Waals surface area contributed by atoms with Gasteiger partial charge in [0.15, 0.2) is 11.0 Å². The van der Waals surface area contributed by atoms with Crippen molar-refractivity contribution in [2.45, 2.75) is 64.8 Å². The number of aromatic nitrogens is 4. The third-order valence-corrected chi connectivity index (χ3v) is 5.67. The normalized spacial score (nSPS) is 11.7. The van der Waals surface area contributed by atoms with E-state index < -0.39 is 0 Å². The van der Waals surface area contributed by atoms with Crippen molar-refractivity contribution in [3.8, 4) is 5.75 Å². The van der Waals surface area contributed by atoms with Crippen LogP contribution >= 0.6 is 11.8 Å². The zero-order valence-corrected chi connectivity index (χ0v) is 20.1. The van der Waals surface area contributed by atoms with E-state index >= 15 is 0 Å². The molecule has 0 saturated carbocycles. The van der Waals surface area contributed by atoms with E-state index in [2.05, 4.69) is 34.5 Å². The van der Waals surface area contributed by atoms with Crippen molar-refractivity contribution in [2.24, 2.45) is 5.92 Å². The summed E-state index contributed by atoms with van der Waals surface area (Å²) in [4.78, 5) is 12.4. The first kappa shape index (κ1) is 23.8. The van der Waals surface area contributed by atoms with E-state index in [4.69, 9.17) is 9.26 Å². The second-order valence-electron chi connectivity index (χ2n) is 9.00. The Labute approximate surface area is 193 Å². The summed E-state index contributed by atoms with van der Waals surface area (Å²) < 4.78 is 13.1. The molecule has 1 aromatic carbocycles. The minimum Gasteiger partial charge on any atom is -0.486 e. The lowest BCUT2D eigenvalue weighted by Gasteiger charge is -2.12. The highest BCUT2D eigenvalue weighted by molar-refractivity contribution is 7.99. The number of hydrogen-bond acceptors (Lipinski definition) is 7. The average molecular weight is 458 g/mol. The van der Waals surface area contributed by atoms with Crippen molar-refractivity contribution in [2.75, 3.05) is 11.1 Å². The number of carbonyl (C=O) groups is 1. The number of hydrogen-bond donors (Lipinski definition) is 1. The van der Waals surface area contributed by atoms with E-state index in [1.807, 2.05) is 55.7 Å². The van der Waals surface area contributed by atoms with Crippen LogP contribution in [0.1, 0.15) is 52.6 Å². The molecule has 9 heteroatoms. The molecule has 0 aliphatic heterocycles. The third kappa shape index (κ3) is 6.85. The van der Waals surface area contributed by atoms with E-state index in [0.29, 0.717) is 23.6 Å². The molecule has 3 rings (SSSR count). The van der Waals surface area contributed by atoms with Crippen LogP contribution in [0.4, 0.5) is 5.88 Å². The summed E-state index contributed by atoms with van der Waals surface area (Å²) in [6.45, 7) is 11.5. The van der Waals surface area contributed by atoms with Crippen molar-refractivity contribution in [1.82, 2.24) is 19.9 Å². The monoisotopic (exact) mass is 457 g/mol. The van der Waals surface area contributed by atoms with Gasteiger partial charge in [0.2, 0.25) is 11.8 Å². The van der Waals surface area contributed by atoms with E-state index in [1.165, 1.54) is 11.8 Å². The summed E-state index contributed by atoms with van der Waals surface area (Å²) in [5, 5.41) is 16.1. The standard InChI is InChI=1S/C23H31N5O3S/c1-16(2)11-12-28-19(14-30-17-9-7-6-8-10-17)25-26-22(28)32-15-20(29)24-21-13-18(27-31-21)23(3,4)5/h6-10,13,16H,11-12,14-15H2,1-5H3,(H,24,29). The zero-order valence-electron chi connectivity index (χ0n) is 19.3. The maximum atomic E-state index is 12.4. The number of amides is 1. The Morgan fingerprint density at radius 3 is 2.62 bits per heavy atom. The maximum Gasteiger partial charge on any atom is 0.237 e. The molecule has 0 fully saturated rings. The SMILES string of the molecule is CC(C)CCn1c(COc2ccccc2)nnc1SCC(=O)Nc1cc(C(C)(C)C)no1. The van der Waals surface area contributed by atoms with Gasteiger partial charge in [-0.2, -0.15) is 0 Å². The highest BCUT2D eigenvalue weighted by atomic mass is 32.2. The van der Waals surface area contributed by atoms with E-state index in [1.54, 1.807) is 6.07 Å². The van der Waals surface area contributed by atoms with E-state index in [9.17, 15) is 4.79 Å². The van der Waals surface area contributed by atoms with Gasteiger partial charge >= 0.3 is 0 Å². The van der Waals surface area contributed by atoms with Crippen LogP contribution in [0.15, 0.2) is 46.1 Å². The van der Waals surface area contributed by atoms with Crippen molar-refractivity contribution >= 4 is 23.6 Å². The van der Waals surface area contributed by atoms with Crippen LogP contribution in [0.5, 0.6) is 5.75 Å². The molecular weight excluding hydrogens is 426 g/mol. The summed E-state index contributed by atoms with van der Waals surface area (Å²) in [6.07, 6.45) is 0.976. The lowest BCUT2D eigenvalue weighted by Crippen LogP contribution is -2.15. The van der Waals surface area contributed by atoms with Gasteiger partial charge in [0, 0.05) is 18.0 Å². The predicted octanol–water partition coefficient (Wildman–Crippen LogP) is 4.92. The molecule has 0 aliphatic rings. The number of anilines is 1. The van der Waals surface area contributed by atoms with Crippen LogP contribution in [-0.4, -0.2) is 31.6 Å². The van der Waals surface area contributed by atoms with Crippen molar-refractivity contribution < 1.29 is 14.1 Å². The molecular formula is C23H31N5O3S. The molecule has 0 radical (unpaired) electrons. The number of ether oxygens (including phenoxy) is 1. The number of rotatable bonds is 10. The van der Waals surface area contributed by atoms with Gasteiger partial charge in [0.25, 0.3) is 0 Å². The molecule has 2 heterocycles. The van der Waals surface area contributed by atoms with Crippen molar-refractivity contribution in [3.05, 3.63) is 47.9 Å². The fourth-order valence-corrected chi connectivity index (χ4v) is 3.58. The van der Waals surface area contributed by atoms with Crippen molar-refractivity contribution in [1.29, 1.82) is 0 Å². The van der Waals surface area contributed by atoms with Gasteiger partial charge in [-0.15, -0.1) is 10.2 Å². The Kier molecular flexibility index (Phi) is 7.95. The first-order valence-corrected chi connectivity index (χ1v) is 11.7. The minimum absolute atomic E-state index is 0.147. The Bertz CT molecular complexity index is 1010. The topological polar surface area (TPSA) is 95.1 Å². The summed E-state index contributed by atoms with van der Waals surface area (Å²) >= 11 is 1.34. The molecule has 1 N–H and O–H groups in total. The molecule has 8 nitrogen and oxygen atoms in total. The van der Waals surface area contributed by atoms with Gasteiger partial charge in [-0.05, 0) is 24.5 Å². The lowest BCUT2D eigenvalue weighted by molar-refractivity contribution is -0.113. The second-order valence-corrected chi connectivity index (χ2v) is 9.94. The van der Waals surface area contributed by atoms with Gasteiger partial charge in [-0.3, -0.25) is 10.1 Å². The van der Waals surface area contributed by atoms with Crippen LogP contribution in [0.25, 0.3) is 0 Å². The van der Waals surface area contributed by atoms with Crippen LogP contribution in [0.2, 0.25) is 0 Å². The number of carbonyl (C=O) groups excluding carboxylic acids is 1. The largest absolute Gasteiger partial charge is 0.486 e. The smallest absolute Gasteiger partial charge is 0.237 e. The Morgan fingerprint density at radius 1 is 1.22 bits per heavy atom. The summed E-state index contributed by atoms with van der Waals surface area (Å²) in [7, 11) is 0. The van der Waals surface area contributed by atoms with Crippen LogP contribution in [0.3, 0.4) is 0 Å². The molecule has 3 aromatic rings. The third-order valence-electron chi connectivity index (χ3n) is 4.71. The lowest BCUT2D eigenvalue weighted by atomic mass is 9.92. The minimum atomic E-state index is -0.188. The first-order valence-electron chi connectivity index (χ1n) is 10.7. The quantitative estimate of drug-likeness (QED) is 0.432. The van der Waals surface area contributed by atoms with Gasteiger partial charge < -0.3 is 13.8 Å². The molecule has 1 amide bonds. The van der Waals surface area contributed by atoms with E-state index in [-0.39, 0.29) is 17.1 Å². The number of benzene rings is 1. The van der Waals surface area contributed by atoms with Crippen LogP contribution in [-0.2, 0) is 23.4 Å². The van der Waals surface area contributed by atoms with Gasteiger partial charge in [-0.1, -0.05) is 69.7 Å². The molecule has 0 unspecified atom stereocenters. The molecule has 0 bridgehead atoms. The van der Waals surface area contributed by atoms with E-state index in [0.717, 1.165) is 30.2 Å². The summed E-state index contributed by atoms with van der Waals surface area (Å²) in [5.74, 6) is 2.39. The highest BCUT2D eigenvalue weighted by Crippen LogP contribution is 2.24.